The summed E-state index contributed by atoms with van der Waals surface area (Å²) in [7, 11) is 0. The minimum atomic E-state index is 0.468. The molecule has 0 fully saturated rings. The van der Waals surface area contributed by atoms with Crippen LogP contribution in [0.5, 0.6) is 0 Å². The van der Waals surface area contributed by atoms with Crippen LogP contribution in [0.25, 0.3) is 0 Å². The van der Waals surface area contributed by atoms with Crippen molar-refractivity contribution in [3.05, 3.63) is 24.0 Å². The van der Waals surface area contributed by atoms with Crippen molar-refractivity contribution in [2.24, 2.45) is 0 Å². The van der Waals surface area contributed by atoms with Crippen LogP contribution in [-0.2, 0) is 0 Å². The van der Waals surface area contributed by atoms with E-state index in [1.807, 2.05) is 32.1 Å². The van der Waals surface area contributed by atoms with E-state index in [4.69, 9.17) is 5.11 Å². The molecule has 0 saturated carbocycles. The first-order valence-electron chi connectivity index (χ1n) is 3.30. The number of rotatable bonds is 3. The first-order chi connectivity index (χ1) is 4.31. The molecular weight excluding hydrogens is 112 g/mol. The molecule has 0 aliphatic heterocycles. The van der Waals surface area contributed by atoms with Crippen LogP contribution in [-0.4, -0.2) is 5.11 Å². The maximum Gasteiger partial charge on any atom is 0.0920 e. The largest absolute Gasteiger partial charge is 0.512 e. The molecule has 0 aromatic heterocycles. The number of hydrogen-bond acceptors (Lipinski definition) is 1. The molecule has 0 spiro atoms. The zero-order valence-electron chi connectivity index (χ0n) is 6.09. The molecule has 0 aromatic rings. The van der Waals surface area contributed by atoms with E-state index < -0.39 is 0 Å². The average Bonchev–Trinajstić information content (AvgIpc) is 1.85. The number of aliphatic hydroxyl groups is 1. The second kappa shape index (κ2) is 5.42. The van der Waals surface area contributed by atoms with Gasteiger partial charge in [-0.25, -0.2) is 0 Å². The van der Waals surface area contributed by atoms with Gasteiger partial charge in [0.2, 0.25) is 0 Å². The van der Waals surface area contributed by atoms with Crippen LogP contribution in [0.1, 0.15) is 26.7 Å². The van der Waals surface area contributed by atoms with E-state index in [1.165, 1.54) is 0 Å². The molecule has 0 heterocycles. The van der Waals surface area contributed by atoms with Crippen molar-refractivity contribution in [3.63, 3.8) is 0 Å². The van der Waals surface area contributed by atoms with Crippen LogP contribution in [0.3, 0.4) is 0 Å². The molecule has 0 atom stereocenters. The zero-order valence-corrected chi connectivity index (χ0v) is 6.09. The summed E-state index contributed by atoms with van der Waals surface area (Å²) in [5, 5.41) is 8.99. The second-order valence-electron chi connectivity index (χ2n) is 1.88. The minimum absolute atomic E-state index is 0.468. The lowest BCUT2D eigenvalue weighted by Crippen LogP contribution is -1.75. The Morgan fingerprint density at radius 1 is 1.56 bits per heavy atom. The van der Waals surface area contributed by atoms with E-state index in [0.29, 0.717) is 12.2 Å². The first-order valence-corrected chi connectivity index (χ1v) is 3.30. The summed E-state index contributed by atoms with van der Waals surface area (Å²) in [6.07, 6.45) is 7.26. The lowest BCUT2D eigenvalue weighted by molar-refractivity contribution is 0.398. The van der Waals surface area contributed by atoms with Crippen molar-refractivity contribution in [1.29, 1.82) is 0 Å². The highest BCUT2D eigenvalue weighted by Crippen LogP contribution is 1.98. The van der Waals surface area contributed by atoms with Gasteiger partial charge in [0.15, 0.2) is 0 Å². The molecule has 0 saturated heterocycles. The fourth-order valence-corrected chi connectivity index (χ4v) is 0.558. The van der Waals surface area contributed by atoms with E-state index in [-0.39, 0.29) is 0 Å². The molecule has 0 rings (SSSR count). The van der Waals surface area contributed by atoms with Crippen LogP contribution < -0.4 is 0 Å². The van der Waals surface area contributed by atoms with Crippen molar-refractivity contribution in [1.82, 2.24) is 0 Å². The molecule has 52 valence electrons. The van der Waals surface area contributed by atoms with Gasteiger partial charge in [0.25, 0.3) is 0 Å². The third-order valence-electron chi connectivity index (χ3n) is 1.00. The van der Waals surface area contributed by atoms with E-state index in [0.717, 1.165) is 6.42 Å². The summed E-state index contributed by atoms with van der Waals surface area (Å²) in [4.78, 5) is 0. The monoisotopic (exact) mass is 126 g/mol. The predicted octanol–water partition coefficient (Wildman–Crippen LogP) is 2.80. The van der Waals surface area contributed by atoms with Crippen LogP contribution in [0.15, 0.2) is 24.0 Å². The molecule has 0 radical (unpaired) electrons. The molecule has 0 aliphatic rings. The van der Waals surface area contributed by atoms with Crippen molar-refractivity contribution in [2.45, 2.75) is 26.7 Å². The third-order valence-corrected chi connectivity index (χ3v) is 1.00. The van der Waals surface area contributed by atoms with Crippen molar-refractivity contribution < 1.29 is 5.11 Å². The number of aliphatic hydroxyl groups excluding tert-OH is 1. The smallest absolute Gasteiger partial charge is 0.0920 e. The lowest BCUT2D eigenvalue weighted by Gasteiger charge is -1.90. The number of allylic oxidation sites excluding steroid dienone is 3. The quantitative estimate of drug-likeness (QED) is 0.455. The summed E-state index contributed by atoms with van der Waals surface area (Å²) >= 11 is 0. The van der Waals surface area contributed by atoms with E-state index in [2.05, 4.69) is 0 Å². The Balaban J connectivity index is 3.49. The summed E-state index contributed by atoms with van der Waals surface area (Å²) in [6, 6.07) is 0. The standard InChI is InChI=1S/C8H14O/c1-3-5-7-8(9)6-4-2/h3,5-6,9H,4,7H2,1-2H3/b5-3-,8-6+. The van der Waals surface area contributed by atoms with Gasteiger partial charge in [-0.1, -0.05) is 19.1 Å². The minimum Gasteiger partial charge on any atom is -0.512 e. The third kappa shape index (κ3) is 5.15. The molecular formula is C8H14O. The summed E-state index contributed by atoms with van der Waals surface area (Å²) in [5.41, 5.74) is 0. The zero-order chi connectivity index (χ0) is 7.11. The van der Waals surface area contributed by atoms with Crippen LogP contribution in [0.2, 0.25) is 0 Å². The average molecular weight is 126 g/mol. The van der Waals surface area contributed by atoms with E-state index >= 15 is 0 Å². The van der Waals surface area contributed by atoms with Gasteiger partial charge in [0, 0.05) is 6.42 Å². The fourth-order valence-electron chi connectivity index (χ4n) is 0.558. The fraction of sp³-hybridized carbons (Fsp3) is 0.500. The molecule has 1 heteroatoms. The maximum absolute atomic E-state index is 8.99. The first kappa shape index (κ1) is 8.28. The predicted molar refractivity (Wildman–Crippen MR) is 40.4 cm³/mol. The van der Waals surface area contributed by atoms with E-state index in [1.54, 1.807) is 0 Å². The SMILES string of the molecule is C/C=C\C/C(O)=C\CC. The van der Waals surface area contributed by atoms with Crippen molar-refractivity contribution in [3.8, 4) is 0 Å². The molecule has 0 aromatic carbocycles. The highest BCUT2D eigenvalue weighted by atomic mass is 16.3. The van der Waals surface area contributed by atoms with Gasteiger partial charge >= 0.3 is 0 Å². The van der Waals surface area contributed by atoms with Crippen LogP contribution in [0, 0.1) is 0 Å². The lowest BCUT2D eigenvalue weighted by atomic mass is 10.3. The molecule has 0 amide bonds. The Kier molecular flexibility index (Phi) is 4.98. The highest BCUT2D eigenvalue weighted by molar-refractivity contribution is 4.97. The molecule has 0 aliphatic carbocycles. The second-order valence-corrected chi connectivity index (χ2v) is 1.88. The van der Waals surface area contributed by atoms with Crippen LogP contribution >= 0.6 is 0 Å². The maximum atomic E-state index is 8.99. The van der Waals surface area contributed by atoms with Crippen molar-refractivity contribution >= 4 is 0 Å². The molecule has 0 bridgehead atoms. The van der Waals surface area contributed by atoms with Gasteiger partial charge in [0.1, 0.15) is 0 Å². The number of hydrogen-bond donors (Lipinski definition) is 1. The molecule has 9 heavy (non-hydrogen) atoms. The topological polar surface area (TPSA) is 20.2 Å². The van der Waals surface area contributed by atoms with Gasteiger partial charge < -0.3 is 5.11 Å². The van der Waals surface area contributed by atoms with Gasteiger partial charge in [0.05, 0.1) is 5.76 Å². The Hall–Kier alpha value is -0.720. The van der Waals surface area contributed by atoms with E-state index in [9.17, 15) is 0 Å². The van der Waals surface area contributed by atoms with Gasteiger partial charge in [-0.05, 0) is 19.4 Å². The summed E-state index contributed by atoms with van der Waals surface area (Å²) in [5.74, 6) is 0.468. The Morgan fingerprint density at radius 2 is 2.22 bits per heavy atom. The van der Waals surface area contributed by atoms with Gasteiger partial charge in [-0.2, -0.15) is 0 Å². The Bertz CT molecular complexity index is 112. The Morgan fingerprint density at radius 3 is 2.67 bits per heavy atom. The molecule has 1 nitrogen and oxygen atoms in total. The van der Waals surface area contributed by atoms with Crippen LogP contribution in [0.4, 0.5) is 0 Å². The Labute approximate surface area is 56.7 Å². The van der Waals surface area contributed by atoms with Gasteiger partial charge in [-0.15, -0.1) is 0 Å². The molecule has 1 N–H and O–H groups in total. The summed E-state index contributed by atoms with van der Waals surface area (Å²) in [6.45, 7) is 3.95. The summed E-state index contributed by atoms with van der Waals surface area (Å²) < 4.78 is 0. The van der Waals surface area contributed by atoms with Crippen molar-refractivity contribution in [2.75, 3.05) is 0 Å². The normalized spacial score (nSPS) is 12.9. The van der Waals surface area contributed by atoms with Gasteiger partial charge in [-0.3, -0.25) is 0 Å². The molecule has 0 unspecified atom stereocenters. The highest BCUT2D eigenvalue weighted by Gasteiger charge is 1.83.